The van der Waals surface area contributed by atoms with E-state index in [0.29, 0.717) is 5.16 Å². The fourth-order valence-corrected chi connectivity index (χ4v) is 4.08. The summed E-state index contributed by atoms with van der Waals surface area (Å²) in [4.78, 5) is 0. The Kier molecular flexibility index (Phi) is 3.37. The molecule has 14 heavy (non-hydrogen) atoms. The van der Waals surface area contributed by atoms with Crippen LogP contribution in [-0.4, -0.2) is 38.2 Å². The molecule has 0 aromatic heterocycles. The molecule has 0 spiro atoms. The lowest BCUT2D eigenvalue weighted by Gasteiger charge is -2.30. The van der Waals surface area contributed by atoms with Gasteiger partial charge in [0.15, 0.2) is 0 Å². The van der Waals surface area contributed by atoms with Crippen molar-refractivity contribution in [1.82, 2.24) is 14.9 Å². The SMILES string of the molecule is CNC1(S(=O)(=O)N(C)C)NC(Cl)=CS1. The summed E-state index contributed by atoms with van der Waals surface area (Å²) in [5.41, 5.74) is 0. The summed E-state index contributed by atoms with van der Waals surface area (Å²) in [6.45, 7) is 0. The van der Waals surface area contributed by atoms with Gasteiger partial charge in [0.2, 0.25) is 0 Å². The topological polar surface area (TPSA) is 61.4 Å². The molecule has 0 aromatic carbocycles. The first-order valence-corrected chi connectivity index (χ1v) is 6.48. The first kappa shape index (κ1) is 12.1. The molecule has 1 heterocycles. The Morgan fingerprint density at radius 3 is 2.50 bits per heavy atom. The second-order valence-corrected chi connectivity index (χ2v) is 6.90. The van der Waals surface area contributed by atoms with E-state index in [1.807, 2.05) is 0 Å². The standard InChI is InChI=1S/C6H12ClN3O2S2/c1-8-6(9-5(7)4-13-6)14(11,12)10(2)3/h4,8-9H,1-3H3. The third-order valence-electron chi connectivity index (χ3n) is 1.79. The van der Waals surface area contributed by atoms with Gasteiger partial charge in [-0.3, -0.25) is 5.32 Å². The number of hydrogen-bond acceptors (Lipinski definition) is 5. The van der Waals surface area contributed by atoms with Crippen LogP contribution in [0.5, 0.6) is 0 Å². The highest BCUT2D eigenvalue weighted by Crippen LogP contribution is 2.36. The summed E-state index contributed by atoms with van der Waals surface area (Å²) in [6, 6.07) is 0. The van der Waals surface area contributed by atoms with Gasteiger partial charge in [0.05, 0.1) is 0 Å². The zero-order valence-corrected chi connectivity index (χ0v) is 10.4. The zero-order chi connectivity index (χ0) is 11.0. The van der Waals surface area contributed by atoms with Gasteiger partial charge in [-0.05, 0) is 7.05 Å². The maximum absolute atomic E-state index is 11.9. The summed E-state index contributed by atoms with van der Waals surface area (Å²) < 4.78 is 23.7. The van der Waals surface area contributed by atoms with Crippen molar-refractivity contribution in [3.63, 3.8) is 0 Å². The van der Waals surface area contributed by atoms with Crippen LogP contribution in [0.1, 0.15) is 0 Å². The number of nitrogens with zero attached hydrogens (tertiary/aromatic N) is 1. The van der Waals surface area contributed by atoms with Crippen molar-refractivity contribution < 1.29 is 8.42 Å². The van der Waals surface area contributed by atoms with Crippen LogP contribution in [0.4, 0.5) is 0 Å². The van der Waals surface area contributed by atoms with E-state index in [9.17, 15) is 8.42 Å². The van der Waals surface area contributed by atoms with E-state index in [1.165, 1.54) is 14.1 Å². The maximum Gasteiger partial charge on any atom is 0.262 e. The second kappa shape index (κ2) is 3.90. The van der Waals surface area contributed by atoms with Crippen molar-refractivity contribution in [3.8, 4) is 0 Å². The highest BCUT2D eigenvalue weighted by Gasteiger charge is 2.47. The first-order chi connectivity index (χ1) is 6.35. The monoisotopic (exact) mass is 257 g/mol. The Morgan fingerprint density at radius 2 is 2.21 bits per heavy atom. The average Bonchev–Trinajstić information content (AvgIpc) is 2.48. The van der Waals surface area contributed by atoms with Gasteiger partial charge in [0.25, 0.3) is 14.4 Å². The van der Waals surface area contributed by atoms with Gasteiger partial charge in [-0.25, -0.2) is 12.7 Å². The zero-order valence-electron chi connectivity index (χ0n) is 8.04. The van der Waals surface area contributed by atoms with Gasteiger partial charge in [-0.1, -0.05) is 23.4 Å². The van der Waals surface area contributed by atoms with E-state index in [0.717, 1.165) is 16.1 Å². The van der Waals surface area contributed by atoms with E-state index in [2.05, 4.69) is 10.6 Å². The number of nitrogens with one attached hydrogen (secondary N) is 2. The Hall–Kier alpha value is 0.0500. The average molecular weight is 258 g/mol. The molecule has 1 atom stereocenters. The minimum Gasteiger partial charge on any atom is -0.335 e. The van der Waals surface area contributed by atoms with Gasteiger partial charge in [-0.15, -0.1) is 0 Å². The van der Waals surface area contributed by atoms with E-state index in [4.69, 9.17) is 11.6 Å². The minimum atomic E-state index is -3.48. The molecule has 0 aromatic rings. The summed E-state index contributed by atoms with van der Waals surface area (Å²) >= 11 is 6.78. The van der Waals surface area contributed by atoms with Crippen LogP contribution in [0, 0.1) is 0 Å². The molecule has 2 N–H and O–H groups in total. The van der Waals surface area contributed by atoms with Crippen molar-refractivity contribution in [2.75, 3.05) is 21.1 Å². The fraction of sp³-hybridized carbons (Fsp3) is 0.667. The van der Waals surface area contributed by atoms with E-state index >= 15 is 0 Å². The molecule has 0 saturated heterocycles. The largest absolute Gasteiger partial charge is 0.335 e. The van der Waals surface area contributed by atoms with Gasteiger partial charge < -0.3 is 5.32 Å². The molecule has 0 aliphatic carbocycles. The van der Waals surface area contributed by atoms with Crippen molar-refractivity contribution in [2.24, 2.45) is 0 Å². The summed E-state index contributed by atoms with van der Waals surface area (Å²) in [5, 5.41) is 7.27. The van der Waals surface area contributed by atoms with Crippen molar-refractivity contribution in [3.05, 3.63) is 10.6 Å². The van der Waals surface area contributed by atoms with Gasteiger partial charge in [0.1, 0.15) is 5.16 Å². The number of rotatable bonds is 3. The molecule has 82 valence electrons. The lowest BCUT2D eigenvalue weighted by Crippen LogP contribution is -2.58. The van der Waals surface area contributed by atoms with Gasteiger partial charge in [-0.2, -0.15) is 0 Å². The molecule has 0 amide bonds. The molecule has 8 heteroatoms. The second-order valence-electron chi connectivity index (χ2n) is 2.86. The quantitative estimate of drug-likeness (QED) is 0.702. The number of thioether (sulfide) groups is 1. The van der Waals surface area contributed by atoms with E-state index < -0.39 is 14.4 Å². The van der Waals surface area contributed by atoms with Crippen molar-refractivity contribution >= 4 is 33.4 Å². The summed E-state index contributed by atoms with van der Waals surface area (Å²) in [6.07, 6.45) is 0. The molecule has 1 aliphatic heterocycles. The Morgan fingerprint density at radius 1 is 1.64 bits per heavy atom. The summed E-state index contributed by atoms with van der Waals surface area (Å²) in [5.74, 6) is 0. The Bertz CT molecular complexity index is 354. The molecule has 1 unspecified atom stereocenters. The van der Waals surface area contributed by atoms with Crippen molar-refractivity contribution in [1.29, 1.82) is 0 Å². The molecule has 0 radical (unpaired) electrons. The van der Waals surface area contributed by atoms with Crippen LogP contribution in [-0.2, 0) is 10.0 Å². The molecular weight excluding hydrogens is 246 g/mol. The van der Waals surface area contributed by atoms with Crippen LogP contribution in [0.15, 0.2) is 10.6 Å². The van der Waals surface area contributed by atoms with Crippen LogP contribution >= 0.6 is 23.4 Å². The van der Waals surface area contributed by atoms with Crippen LogP contribution in [0.3, 0.4) is 0 Å². The predicted molar refractivity (Wildman–Crippen MR) is 59.1 cm³/mol. The van der Waals surface area contributed by atoms with Crippen LogP contribution < -0.4 is 10.6 Å². The third-order valence-corrected chi connectivity index (χ3v) is 6.02. The normalized spacial score (nSPS) is 27.6. The molecule has 5 nitrogen and oxygen atoms in total. The van der Waals surface area contributed by atoms with Crippen LogP contribution in [0.2, 0.25) is 0 Å². The highest BCUT2D eigenvalue weighted by molar-refractivity contribution is 8.15. The number of halogens is 1. The molecule has 0 fully saturated rings. The Balaban J connectivity index is 3.06. The lowest BCUT2D eigenvalue weighted by molar-refractivity contribution is 0.468. The molecule has 0 saturated carbocycles. The van der Waals surface area contributed by atoms with Gasteiger partial charge >= 0.3 is 0 Å². The number of sulfonamides is 1. The lowest BCUT2D eigenvalue weighted by atomic mass is 10.9. The molecule has 1 rings (SSSR count). The Labute approximate surface area is 92.9 Å². The van der Waals surface area contributed by atoms with E-state index in [-0.39, 0.29) is 0 Å². The van der Waals surface area contributed by atoms with Crippen LogP contribution in [0.25, 0.3) is 0 Å². The molecule has 1 aliphatic rings. The maximum atomic E-state index is 11.9. The molecular formula is C6H12ClN3O2S2. The molecule has 0 bridgehead atoms. The summed E-state index contributed by atoms with van der Waals surface area (Å²) in [7, 11) is 1.03. The van der Waals surface area contributed by atoms with Gasteiger partial charge in [0, 0.05) is 19.5 Å². The minimum absolute atomic E-state index is 0.315. The predicted octanol–water partition coefficient (Wildman–Crippen LogP) is 0.0826. The van der Waals surface area contributed by atoms with E-state index in [1.54, 1.807) is 12.5 Å². The number of hydrogen-bond donors (Lipinski definition) is 2. The van der Waals surface area contributed by atoms with Crippen molar-refractivity contribution in [2.45, 2.75) is 4.33 Å². The third kappa shape index (κ3) is 1.74. The smallest absolute Gasteiger partial charge is 0.262 e. The first-order valence-electron chi connectivity index (χ1n) is 3.78. The highest BCUT2D eigenvalue weighted by atomic mass is 35.5. The fourth-order valence-electron chi connectivity index (χ4n) is 0.984.